The van der Waals surface area contributed by atoms with Gasteiger partial charge >= 0.3 is 12.1 Å². The molecule has 0 radical (unpaired) electrons. The molecule has 1 saturated carbocycles. The number of nitrogens with one attached hydrogen (secondary N) is 2. The molecule has 0 bridgehead atoms. The van der Waals surface area contributed by atoms with Gasteiger partial charge in [-0.2, -0.15) is 0 Å². The molecular weight excluding hydrogens is 446 g/mol. The first-order valence-electron chi connectivity index (χ1n) is 11.3. The average molecular weight is 472 g/mol. The molecule has 0 aromatic heterocycles. The number of halogens is 2. The Morgan fingerprint density at radius 2 is 1.53 bits per heavy atom. The number of hydrogen-bond acceptors (Lipinski definition) is 4. The molecule has 3 N–H and O–H groups in total. The highest BCUT2D eigenvalue weighted by molar-refractivity contribution is 5.89. The van der Waals surface area contributed by atoms with E-state index in [1.54, 1.807) is 0 Å². The summed E-state index contributed by atoms with van der Waals surface area (Å²) in [5.41, 5.74) is 4.24. The lowest BCUT2D eigenvalue weighted by Gasteiger charge is -2.22. The average Bonchev–Trinajstić information content (AvgIpc) is 3.57. The van der Waals surface area contributed by atoms with Crippen molar-refractivity contribution < 1.29 is 33.0 Å². The van der Waals surface area contributed by atoms with Crippen molar-refractivity contribution in [2.75, 3.05) is 6.61 Å². The summed E-state index contributed by atoms with van der Waals surface area (Å²) in [6.45, 7) is 0.0563. The highest BCUT2D eigenvalue weighted by Crippen LogP contribution is 2.44. The standard InChI is InChI=1S/C25H26F2N2O5/c26-22(27)12-21(24(31)32)28-23(30)20(11-14-9-10-14)29-25(33)34-13-19-17-7-3-1-5-15(17)16-6-2-4-8-18(16)19/h1-8,14,19-22H,9-13H2,(H,28,30)(H,29,33)(H,31,32)/t20-,21?/m0/s1. The summed E-state index contributed by atoms with van der Waals surface area (Å²) >= 11 is 0. The van der Waals surface area contributed by atoms with Gasteiger partial charge in [-0.3, -0.25) is 4.79 Å². The summed E-state index contributed by atoms with van der Waals surface area (Å²) in [7, 11) is 0. The Hall–Kier alpha value is -3.49. The van der Waals surface area contributed by atoms with E-state index in [4.69, 9.17) is 9.84 Å². The van der Waals surface area contributed by atoms with E-state index in [0.29, 0.717) is 0 Å². The summed E-state index contributed by atoms with van der Waals surface area (Å²) in [6.07, 6.45) is -2.66. The van der Waals surface area contributed by atoms with E-state index < -0.39 is 42.9 Å². The molecule has 1 fully saturated rings. The van der Waals surface area contributed by atoms with E-state index in [1.807, 2.05) is 48.5 Å². The van der Waals surface area contributed by atoms with E-state index in [2.05, 4.69) is 10.6 Å². The van der Waals surface area contributed by atoms with E-state index in [9.17, 15) is 23.2 Å². The molecule has 2 aliphatic rings. The summed E-state index contributed by atoms with van der Waals surface area (Å²) in [6, 6.07) is 12.9. The van der Waals surface area contributed by atoms with Gasteiger partial charge in [0, 0.05) is 12.3 Å². The van der Waals surface area contributed by atoms with Crippen LogP contribution in [-0.4, -0.2) is 48.2 Å². The third kappa shape index (κ3) is 5.52. The monoisotopic (exact) mass is 472 g/mol. The van der Waals surface area contributed by atoms with Crippen molar-refractivity contribution in [1.82, 2.24) is 10.6 Å². The molecule has 2 aromatic carbocycles. The van der Waals surface area contributed by atoms with Crippen LogP contribution in [0.3, 0.4) is 0 Å². The molecule has 34 heavy (non-hydrogen) atoms. The zero-order valence-electron chi connectivity index (χ0n) is 18.4. The number of carbonyl (C=O) groups is 3. The van der Waals surface area contributed by atoms with Crippen LogP contribution in [-0.2, 0) is 14.3 Å². The van der Waals surface area contributed by atoms with E-state index in [0.717, 1.165) is 35.1 Å². The summed E-state index contributed by atoms with van der Waals surface area (Å²) < 4.78 is 30.8. The fourth-order valence-corrected chi connectivity index (χ4v) is 4.37. The van der Waals surface area contributed by atoms with Crippen LogP contribution in [0.15, 0.2) is 48.5 Å². The number of benzene rings is 2. The summed E-state index contributed by atoms with van der Waals surface area (Å²) in [5.74, 6) is -2.31. The smallest absolute Gasteiger partial charge is 0.407 e. The maximum absolute atomic E-state index is 12.7. The van der Waals surface area contributed by atoms with Gasteiger partial charge in [-0.1, -0.05) is 61.4 Å². The summed E-state index contributed by atoms with van der Waals surface area (Å²) in [5, 5.41) is 13.8. The van der Waals surface area contributed by atoms with Crippen LogP contribution in [0.2, 0.25) is 0 Å². The largest absolute Gasteiger partial charge is 0.480 e. The number of carbonyl (C=O) groups excluding carboxylic acids is 2. The van der Waals surface area contributed by atoms with E-state index in [1.165, 1.54) is 0 Å². The van der Waals surface area contributed by atoms with Gasteiger partial charge < -0.3 is 20.5 Å². The number of ether oxygens (including phenoxy) is 1. The highest BCUT2D eigenvalue weighted by Gasteiger charge is 2.34. The van der Waals surface area contributed by atoms with Gasteiger partial charge in [0.2, 0.25) is 12.3 Å². The lowest BCUT2D eigenvalue weighted by Crippen LogP contribution is -2.52. The van der Waals surface area contributed by atoms with Gasteiger partial charge in [-0.25, -0.2) is 18.4 Å². The van der Waals surface area contributed by atoms with Crippen molar-refractivity contribution in [2.45, 2.75) is 50.1 Å². The zero-order valence-corrected chi connectivity index (χ0v) is 18.4. The fourth-order valence-electron chi connectivity index (χ4n) is 4.37. The topological polar surface area (TPSA) is 105 Å². The van der Waals surface area contributed by atoms with Crippen molar-refractivity contribution >= 4 is 18.0 Å². The molecule has 7 nitrogen and oxygen atoms in total. The van der Waals surface area contributed by atoms with Crippen LogP contribution >= 0.6 is 0 Å². The number of fused-ring (bicyclic) bond motifs is 3. The molecule has 2 aromatic rings. The first-order chi connectivity index (χ1) is 16.3. The molecule has 180 valence electrons. The fraction of sp³-hybridized carbons (Fsp3) is 0.400. The predicted octanol–water partition coefficient (Wildman–Crippen LogP) is 3.92. The lowest BCUT2D eigenvalue weighted by molar-refractivity contribution is -0.143. The van der Waals surface area contributed by atoms with Crippen molar-refractivity contribution in [3.63, 3.8) is 0 Å². The number of carboxylic acid groups (broad SMARTS) is 1. The van der Waals surface area contributed by atoms with Crippen molar-refractivity contribution in [1.29, 1.82) is 0 Å². The number of alkyl carbamates (subject to hydrolysis) is 1. The molecule has 0 aliphatic heterocycles. The third-order valence-corrected chi connectivity index (χ3v) is 6.25. The Bertz CT molecular complexity index is 1030. The zero-order chi connectivity index (χ0) is 24.2. The summed E-state index contributed by atoms with van der Waals surface area (Å²) in [4.78, 5) is 36.5. The number of amides is 2. The van der Waals surface area contributed by atoms with Crippen molar-refractivity contribution in [3.8, 4) is 11.1 Å². The minimum Gasteiger partial charge on any atom is -0.480 e. The van der Waals surface area contributed by atoms with Gasteiger partial charge in [0.1, 0.15) is 18.7 Å². The molecule has 9 heteroatoms. The Morgan fingerprint density at radius 1 is 0.941 bits per heavy atom. The van der Waals surface area contributed by atoms with Gasteiger partial charge in [0.05, 0.1) is 0 Å². The maximum Gasteiger partial charge on any atom is 0.407 e. The van der Waals surface area contributed by atoms with Crippen LogP contribution in [0.5, 0.6) is 0 Å². The van der Waals surface area contributed by atoms with E-state index >= 15 is 0 Å². The number of hydrogen-bond donors (Lipinski definition) is 3. The Balaban J connectivity index is 1.40. The second-order valence-electron chi connectivity index (χ2n) is 8.73. The molecule has 0 heterocycles. The van der Waals surface area contributed by atoms with Crippen LogP contribution in [0.1, 0.15) is 42.7 Å². The Morgan fingerprint density at radius 3 is 2.06 bits per heavy atom. The highest BCUT2D eigenvalue weighted by atomic mass is 19.3. The van der Waals surface area contributed by atoms with Gasteiger partial charge in [0.25, 0.3) is 0 Å². The quantitative estimate of drug-likeness (QED) is 0.486. The van der Waals surface area contributed by atoms with E-state index in [-0.39, 0.29) is 24.9 Å². The SMILES string of the molecule is O=C(N[C@@H](CC1CC1)C(=O)NC(CC(F)F)C(=O)O)OCC1c2ccccc2-c2ccccc21. The van der Waals surface area contributed by atoms with Gasteiger partial charge in [0.15, 0.2) is 0 Å². The molecule has 0 saturated heterocycles. The van der Waals surface area contributed by atoms with Gasteiger partial charge in [-0.15, -0.1) is 0 Å². The van der Waals surface area contributed by atoms with Crippen molar-refractivity contribution in [2.24, 2.45) is 5.92 Å². The molecule has 0 spiro atoms. The van der Waals surface area contributed by atoms with Crippen molar-refractivity contribution in [3.05, 3.63) is 59.7 Å². The number of carboxylic acids is 1. The van der Waals surface area contributed by atoms with Gasteiger partial charge in [-0.05, 0) is 34.6 Å². The minimum absolute atomic E-state index is 0.0563. The second kappa shape index (κ2) is 10.2. The first-order valence-corrected chi connectivity index (χ1v) is 11.3. The Labute approximate surface area is 195 Å². The van der Waals surface area contributed by atoms with Crippen LogP contribution in [0.25, 0.3) is 11.1 Å². The molecule has 2 amide bonds. The number of rotatable bonds is 10. The van der Waals surface area contributed by atoms with Crippen LogP contribution < -0.4 is 10.6 Å². The predicted molar refractivity (Wildman–Crippen MR) is 120 cm³/mol. The maximum atomic E-state index is 12.7. The molecule has 2 aliphatic carbocycles. The molecule has 1 unspecified atom stereocenters. The number of alkyl halides is 2. The third-order valence-electron chi connectivity index (χ3n) is 6.25. The normalized spacial score (nSPS) is 16.3. The first kappa shape index (κ1) is 23.7. The van der Waals surface area contributed by atoms with Crippen LogP contribution in [0, 0.1) is 5.92 Å². The number of aliphatic carboxylic acids is 1. The molecule has 2 atom stereocenters. The van der Waals surface area contributed by atoms with Crippen LogP contribution in [0.4, 0.5) is 13.6 Å². The Kier molecular flexibility index (Phi) is 7.09. The molecular formula is C25H26F2N2O5. The molecule has 4 rings (SSSR count). The second-order valence-corrected chi connectivity index (χ2v) is 8.73. The minimum atomic E-state index is -2.89. The lowest BCUT2D eigenvalue weighted by atomic mass is 9.98.